The Morgan fingerprint density at radius 1 is 1.10 bits per heavy atom. The minimum absolute atomic E-state index is 0.508. The molecule has 2 aliphatic rings. The van der Waals surface area contributed by atoms with Gasteiger partial charge in [0.05, 0.1) is 18.9 Å². The van der Waals surface area contributed by atoms with Crippen LogP contribution in [0.2, 0.25) is 0 Å². The maximum Gasteiger partial charge on any atom is 0.166 e. The molecule has 4 rings (SSSR count). The Bertz CT molecular complexity index is 918. The van der Waals surface area contributed by atoms with E-state index in [4.69, 9.17) is 9.72 Å². The molecule has 2 aliphatic heterocycles. The van der Waals surface area contributed by atoms with E-state index in [0.717, 1.165) is 77.0 Å². The van der Waals surface area contributed by atoms with Crippen LogP contribution in [0.4, 0.5) is 11.5 Å². The summed E-state index contributed by atoms with van der Waals surface area (Å²) in [4.78, 5) is 11.7. The van der Waals surface area contributed by atoms with E-state index in [1.165, 1.54) is 16.7 Å². The smallest absolute Gasteiger partial charge is 0.166 e. The highest BCUT2D eigenvalue weighted by Crippen LogP contribution is 2.34. The van der Waals surface area contributed by atoms with Gasteiger partial charge < -0.3 is 15.0 Å². The van der Waals surface area contributed by atoms with Crippen LogP contribution in [0.3, 0.4) is 0 Å². The van der Waals surface area contributed by atoms with E-state index in [1.807, 2.05) is 19.0 Å². The summed E-state index contributed by atoms with van der Waals surface area (Å²) in [6, 6.07) is 12.9. The highest BCUT2D eigenvalue weighted by atomic mass is 16.5. The molecule has 0 spiro atoms. The van der Waals surface area contributed by atoms with Gasteiger partial charge in [0.25, 0.3) is 0 Å². The zero-order valence-corrected chi connectivity index (χ0v) is 18.6. The molecule has 1 aromatic heterocycles. The van der Waals surface area contributed by atoms with Crippen molar-refractivity contribution in [3.05, 3.63) is 52.7 Å². The lowest BCUT2D eigenvalue weighted by Gasteiger charge is -2.33. The number of morpholine rings is 1. The summed E-state index contributed by atoms with van der Waals surface area (Å²) < 4.78 is 5.44. The first-order valence-corrected chi connectivity index (χ1v) is 11.1. The fourth-order valence-corrected chi connectivity index (χ4v) is 4.51. The zero-order chi connectivity index (χ0) is 21.6. The van der Waals surface area contributed by atoms with Crippen LogP contribution in [-0.2, 0) is 24.2 Å². The van der Waals surface area contributed by atoms with E-state index < -0.39 is 0 Å². The van der Waals surface area contributed by atoms with Crippen LogP contribution in [0.15, 0.2) is 30.3 Å². The van der Waals surface area contributed by atoms with Crippen LogP contribution >= 0.6 is 0 Å². The van der Waals surface area contributed by atoms with E-state index in [9.17, 15) is 5.26 Å². The molecule has 1 aromatic carbocycles. The molecule has 3 heterocycles. The van der Waals surface area contributed by atoms with Crippen molar-refractivity contribution in [3.63, 3.8) is 0 Å². The quantitative estimate of drug-likeness (QED) is 0.737. The van der Waals surface area contributed by atoms with Gasteiger partial charge in [-0.3, -0.25) is 9.80 Å². The molecule has 7 nitrogen and oxygen atoms in total. The summed E-state index contributed by atoms with van der Waals surface area (Å²) in [5.74, 6) is 0.864. The Morgan fingerprint density at radius 3 is 2.58 bits per heavy atom. The van der Waals surface area contributed by atoms with Crippen LogP contribution in [-0.4, -0.2) is 74.8 Å². The number of hydrogen-bond acceptors (Lipinski definition) is 7. The standard InChI is InChI=1S/C24H32N6O/c1-28(2)23-20-8-10-30(17-19-6-4-3-5-7-19)18-21(20)24(27-22(23)16-25)26-9-11-29-12-14-31-15-13-29/h3-7H,8-15,17-18H2,1-2H3,(H,26,27). The van der Waals surface area contributed by atoms with E-state index in [-0.39, 0.29) is 0 Å². The number of fused-ring (bicyclic) bond motifs is 1. The molecular weight excluding hydrogens is 388 g/mol. The van der Waals surface area contributed by atoms with Crippen molar-refractivity contribution < 1.29 is 4.74 Å². The first kappa shape index (κ1) is 21.6. The summed E-state index contributed by atoms with van der Waals surface area (Å²) >= 11 is 0. The number of benzene rings is 1. The minimum Gasteiger partial charge on any atom is -0.379 e. The number of nitrogens with zero attached hydrogens (tertiary/aromatic N) is 5. The van der Waals surface area contributed by atoms with Gasteiger partial charge in [-0.1, -0.05) is 30.3 Å². The van der Waals surface area contributed by atoms with Crippen LogP contribution in [0, 0.1) is 11.3 Å². The lowest BCUT2D eigenvalue weighted by molar-refractivity contribution is 0.0398. The first-order chi connectivity index (χ1) is 15.2. The van der Waals surface area contributed by atoms with E-state index in [2.05, 4.69) is 51.5 Å². The molecule has 0 radical (unpaired) electrons. The Hall–Kier alpha value is -2.66. The number of aromatic nitrogens is 1. The molecule has 1 N–H and O–H groups in total. The number of pyridine rings is 1. The topological polar surface area (TPSA) is 67.7 Å². The average Bonchev–Trinajstić information content (AvgIpc) is 2.80. The maximum atomic E-state index is 9.77. The second-order valence-corrected chi connectivity index (χ2v) is 8.45. The van der Waals surface area contributed by atoms with Crippen molar-refractivity contribution in [2.45, 2.75) is 19.5 Å². The summed E-state index contributed by atoms with van der Waals surface area (Å²) in [5.41, 5.74) is 5.29. The third kappa shape index (κ3) is 5.16. The third-order valence-corrected chi connectivity index (χ3v) is 6.07. The molecule has 0 bridgehead atoms. The number of nitriles is 1. The molecule has 1 fully saturated rings. The largest absolute Gasteiger partial charge is 0.379 e. The lowest BCUT2D eigenvalue weighted by atomic mass is 9.96. The number of nitrogens with one attached hydrogen (secondary N) is 1. The molecule has 164 valence electrons. The Morgan fingerprint density at radius 2 is 1.87 bits per heavy atom. The van der Waals surface area contributed by atoms with Crippen molar-refractivity contribution in [3.8, 4) is 6.07 Å². The van der Waals surface area contributed by atoms with E-state index in [0.29, 0.717) is 5.69 Å². The summed E-state index contributed by atoms with van der Waals surface area (Å²) in [6.07, 6.45) is 0.922. The van der Waals surface area contributed by atoms with Crippen LogP contribution < -0.4 is 10.2 Å². The van der Waals surface area contributed by atoms with Crippen LogP contribution in [0.1, 0.15) is 22.4 Å². The first-order valence-electron chi connectivity index (χ1n) is 11.1. The SMILES string of the molecule is CN(C)c1c(C#N)nc(NCCN2CCOCC2)c2c1CCN(Cc1ccccc1)C2. The summed E-state index contributed by atoms with van der Waals surface area (Å²) in [5, 5.41) is 13.3. The van der Waals surface area contributed by atoms with Gasteiger partial charge in [-0.25, -0.2) is 4.98 Å². The predicted octanol–water partition coefficient (Wildman–Crippen LogP) is 2.32. The maximum absolute atomic E-state index is 9.77. The van der Waals surface area contributed by atoms with Crippen molar-refractivity contribution in [2.24, 2.45) is 0 Å². The Balaban J connectivity index is 1.56. The second kappa shape index (κ2) is 10.1. The molecule has 7 heteroatoms. The van der Waals surface area contributed by atoms with Gasteiger partial charge in [-0.15, -0.1) is 0 Å². The molecule has 31 heavy (non-hydrogen) atoms. The van der Waals surface area contributed by atoms with Gasteiger partial charge in [0, 0.05) is 65.5 Å². The molecule has 0 amide bonds. The number of hydrogen-bond donors (Lipinski definition) is 1. The molecule has 0 unspecified atom stereocenters. The van der Waals surface area contributed by atoms with Crippen LogP contribution in [0.25, 0.3) is 0 Å². The Labute approximate surface area is 185 Å². The van der Waals surface area contributed by atoms with E-state index >= 15 is 0 Å². The van der Waals surface area contributed by atoms with Crippen molar-refractivity contribution >= 4 is 11.5 Å². The highest BCUT2D eigenvalue weighted by Gasteiger charge is 2.26. The van der Waals surface area contributed by atoms with Gasteiger partial charge in [0.2, 0.25) is 0 Å². The predicted molar refractivity (Wildman–Crippen MR) is 123 cm³/mol. The van der Waals surface area contributed by atoms with Crippen molar-refractivity contribution in [1.82, 2.24) is 14.8 Å². The molecule has 1 saturated heterocycles. The summed E-state index contributed by atoms with van der Waals surface area (Å²) in [6.45, 7) is 8.05. The minimum atomic E-state index is 0.508. The zero-order valence-electron chi connectivity index (χ0n) is 18.6. The number of ether oxygens (including phenoxy) is 1. The number of rotatable bonds is 7. The summed E-state index contributed by atoms with van der Waals surface area (Å²) in [7, 11) is 4.00. The third-order valence-electron chi connectivity index (χ3n) is 6.07. The lowest BCUT2D eigenvalue weighted by Crippen LogP contribution is -2.39. The fraction of sp³-hybridized carbons (Fsp3) is 0.500. The Kier molecular flexibility index (Phi) is 7.03. The molecule has 0 atom stereocenters. The molecular formula is C24H32N6O. The molecule has 2 aromatic rings. The highest BCUT2D eigenvalue weighted by molar-refractivity contribution is 5.69. The fourth-order valence-electron chi connectivity index (χ4n) is 4.51. The van der Waals surface area contributed by atoms with Crippen LogP contribution in [0.5, 0.6) is 0 Å². The van der Waals surface area contributed by atoms with Crippen molar-refractivity contribution in [1.29, 1.82) is 5.26 Å². The normalized spacial score (nSPS) is 17.1. The van der Waals surface area contributed by atoms with Gasteiger partial charge >= 0.3 is 0 Å². The molecule has 0 aliphatic carbocycles. The molecule has 0 saturated carbocycles. The number of anilines is 2. The van der Waals surface area contributed by atoms with Gasteiger partial charge in [0.15, 0.2) is 5.69 Å². The monoisotopic (exact) mass is 420 g/mol. The average molecular weight is 421 g/mol. The van der Waals surface area contributed by atoms with Gasteiger partial charge in [-0.2, -0.15) is 5.26 Å². The second-order valence-electron chi connectivity index (χ2n) is 8.45. The van der Waals surface area contributed by atoms with Gasteiger partial charge in [0.1, 0.15) is 11.9 Å². The van der Waals surface area contributed by atoms with Gasteiger partial charge in [-0.05, 0) is 17.5 Å². The van der Waals surface area contributed by atoms with Crippen molar-refractivity contribution in [2.75, 3.05) is 70.2 Å². The van der Waals surface area contributed by atoms with E-state index in [1.54, 1.807) is 0 Å².